The number of rotatable bonds is 12. The summed E-state index contributed by atoms with van der Waals surface area (Å²) in [6.07, 6.45) is 4.96. The Labute approximate surface area is 253 Å². The van der Waals surface area contributed by atoms with Gasteiger partial charge in [0.05, 0.1) is 17.2 Å². The number of nitrogens with zero attached hydrogens (tertiary/aromatic N) is 2. The van der Waals surface area contributed by atoms with Crippen LogP contribution in [0.4, 0.5) is 10.1 Å². The van der Waals surface area contributed by atoms with E-state index in [1.54, 1.807) is 55.5 Å². The van der Waals surface area contributed by atoms with Crippen molar-refractivity contribution >= 4 is 27.5 Å². The van der Waals surface area contributed by atoms with Gasteiger partial charge >= 0.3 is 0 Å². The fourth-order valence-electron chi connectivity index (χ4n) is 5.18. The maximum Gasteiger partial charge on any atom is 0.264 e. The highest BCUT2D eigenvalue weighted by Crippen LogP contribution is 2.27. The van der Waals surface area contributed by atoms with Crippen molar-refractivity contribution in [1.29, 1.82) is 0 Å². The standard InChI is InChI=1S/C33H40FN3O5S/c1-4-42-30-18-16-29(17-19-30)37(43(40,41)31-20-10-24(2)11-21-31)23-32(38)36(22-26-12-14-27(34)15-13-26)25(3)33(39)35-28-8-6-5-7-9-28/h10-21,25,28H,4-9,22-23H2,1-3H3,(H,35,39)/t25-/m0/s1. The Morgan fingerprint density at radius 2 is 1.58 bits per heavy atom. The molecule has 3 aromatic carbocycles. The van der Waals surface area contributed by atoms with Crippen LogP contribution < -0.4 is 14.4 Å². The molecule has 1 fully saturated rings. The first kappa shape index (κ1) is 32.0. The average molecular weight is 610 g/mol. The summed E-state index contributed by atoms with van der Waals surface area (Å²) in [5.74, 6) is -0.733. The summed E-state index contributed by atoms with van der Waals surface area (Å²) in [6.45, 7) is 5.24. The molecule has 10 heteroatoms. The van der Waals surface area contributed by atoms with Gasteiger partial charge < -0.3 is 15.0 Å². The molecular formula is C33H40FN3O5S. The van der Waals surface area contributed by atoms with Crippen molar-refractivity contribution in [3.8, 4) is 5.75 Å². The van der Waals surface area contributed by atoms with Gasteiger partial charge in [-0.15, -0.1) is 0 Å². The summed E-state index contributed by atoms with van der Waals surface area (Å²) >= 11 is 0. The van der Waals surface area contributed by atoms with Crippen LogP contribution in [0.5, 0.6) is 5.75 Å². The first-order valence-electron chi connectivity index (χ1n) is 14.7. The molecule has 2 amide bonds. The first-order chi connectivity index (χ1) is 20.6. The number of ether oxygens (including phenoxy) is 1. The van der Waals surface area contributed by atoms with Gasteiger partial charge in [-0.25, -0.2) is 12.8 Å². The number of hydrogen-bond donors (Lipinski definition) is 1. The average Bonchev–Trinajstić information content (AvgIpc) is 3.00. The second kappa shape index (κ2) is 14.5. The number of benzene rings is 3. The molecule has 0 saturated heterocycles. The molecule has 0 unspecified atom stereocenters. The predicted octanol–water partition coefficient (Wildman–Crippen LogP) is 5.59. The third-order valence-electron chi connectivity index (χ3n) is 7.71. The third kappa shape index (κ3) is 8.34. The highest BCUT2D eigenvalue weighted by atomic mass is 32.2. The summed E-state index contributed by atoms with van der Waals surface area (Å²) in [5, 5.41) is 3.07. The van der Waals surface area contributed by atoms with Gasteiger partial charge in [0.25, 0.3) is 10.0 Å². The lowest BCUT2D eigenvalue weighted by Crippen LogP contribution is -2.53. The molecule has 4 rings (SSSR count). The van der Waals surface area contributed by atoms with Gasteiger partial charge in [-0.1, -0.05) is 49.1 Å². The number of hydrogen-bond acceptors (Lipinski definition) is 5. The highest BCUT2D eigenvalue weighted by Gasteiger charge is 2.33. The fourth-order valence-corrected chi connectivity index (χ4v) is 6.59. The number of nitrogens with one attached hydrogen (secondary N) is 1. The second-order valence-electron chi connectivity index (χ2n) is 10.9. The van der Waals surface area contributed by atoms with E-state index in [1.807, 2.05) is 13.8 Å². The number of carbonyl (C=O) groups excluding carboxylic acids is 2. The molecule has 1 saturated carbocycles. The smallest absolute Gasteiger partial charge is 0.264 e. The molecule has 0 aliphatic heterocycles. The van der Waals surface area contributed by atoms with E-state index in [9.17, 15) is 22.4 Å². The molecule has 3 aromatic rings. The molecule has 0 radical (unpaired) electrons. The van der Waals surface area contributed by atoms with Crippen LogP contribution in [0.25, 0.3) is 0 Å². The molecule has 1 aliphatic carbocycles. The van der Waals surface area contributed by atoms with Crippen LogP contribution in [-0.2, 0) is 26.2 Å². The molecule has 0 aromatic heterocycles. The van der Waals surface area contributed by atoms with E-state index in [0.29, 0.717) is 17.9 Å². The van der Waals surface area contributed by atoms with Crippen LogP contribution in [0.3, 0.4) is 0 Å². The van der Waals surface area contributed by atoms with Crippen LogP contribution >= 0.6 is 0 Å². The van der Waals surface area contributed by atoms with Crippen LogP contribution in [-0.4, -0.2) is 50.4 Å². The molecule has 0 bridgehead atoms. The van der Waals surface area contributed by atoms with Crippen molar-refractivity contribution in [1.82, 2.24) is 10.2 Å². The number of carbonyl (C=O) groups is 2. The Balaban J connectivity index is 1.67. The number of anilines is 1. The van der Waals surface area contributed by atoms with Crippen molar-refractivity contribution in [2.45, 2.75) is 76.4 Å². The van der Waals surface area contributed by atoms with Crippen molar-refractivity contribution in [3.63, 3.8) is 0 Å². The molecule has 0 heterocycles. The van der Waals surface area contributed by atoms with E-state index in [4.69, 9.17) is 4.74 Å². The Hall–Kier alpha value is -3.92. The second-order valence-corrected chi connectivity index (χ2v) is 12.8. The Bertz CT molecular complexity index is 1470. The van der Waals surface area contributed by atoms with E-state index in [-0.39, 0.29) is 29.1 Å². The topological polar surface area (TPSA) is 96.0 Å². The van der Waals surface area contributed by atoms with Gasteiger partial charge in [0, 0.05) is 12.6 Å². The number of sulfonamides is 1. The first-order valence-corrected chi connectivity index (χ1v) is 16.2. The van der Waals surface area contributed by atoms with Gasteiger partial charge in [-0.3, -0.25) is 13.9 Å². The lowest BCUT2D eigenvalue weighted by molar-refractivity contribution is -0.139. The predicted molar refractivity (Wildman–Crippen MR) is 165 cm³/mol. The summed E-state index contributed by atoms with van der Waals surface area (Å²) < 4.78 is 48.2. The van der Waals surface area contributed by atoms with Gasteiger partial charge in [0.2, 0.25) is 11.8 Å². The molecule has 8 nitrogen and oxygen atoms in total. The van der Waals surface area contributed by atoms with E-state index < -0.39 is 34.3 Å². The number of aryl methyl sites for hydroxylation is 1. The maximum absolute atomic E-state index is 14.1. The minimum Gasteiger partial charge on any atom is -0.494 e. The zero-order chi connectivity index (χ0) is 31.0. The van der Waals surface area contributed by atoms with Crippen LogP contribution in [0.2, 0.25) is 0 Å². The van der Waals surface area contributed by atoms with Crippen LogP contribution in [0, 0.1) is 12.7 Å². The lowest BCUT2D eigenvalue weighted by Gasteiger charge is -2.33. The van der Waals surface area contributed by atoms with E-state index in [1.165, 1.54) is 29.2 Å². The van der Waals surface area contributed by atoms with Crippen LogP contribution in [0.1, 0.15) is 57.1 Å². The van der Waals surface area contributed by atoms with E-state index >= 15 is 0 Å². The van der Waals surface area contributed by atoms with Crippen molar-refractivity contribution < 1.29 is 27.1 Å². The molecule has 1 aliphatic rings. The zero-order valence-electron chi connectivity index (χ0n) is 25.0. The Morgan fingerprint density at radius 1 is 0.953 bits per heavy atom. The largest absolute Gasteiger partial charge is 0.494 e. The Morgan fingerprint density at radius 3 is 2.19 bits per heavy atom. The van der Waals surface area contributed by atoms with Crippen molar-refractivity contribution in [2.24, 2.45) is 0 Å². The minimum atomic E-state index is -4.18. The lowest BCUT2D eigenvalue weighted by atomic mass is 9.95. The molecule has 230 valence electrons. The molecular weight excluding hydrogens is 569 g/mol. The maximum atomic E-state index is 14.1. The van der Waals surface area contributed by atoms with Crippen molar-refractivity contribution in [2.75, 3.05) is 17.5 Å². The van der Waals surface area contributed by atoms with Gasteiger partial charge in [0.15, 0.2) is 0 Å². The summed E-state index contributed by atoms with van der Waals surface area (Å²) in [5.41, 5.74) is 1.78. The van der Waals surface area contributed by atoms with Gasteiger partial charge in [-0.2, -0.15) is 0 Å². The quantitative estimate of drug-likeness (QED) is 0.289. The Kier molecular flexibility index (Phi) is 10.8. The fraction of sp³-hybridized carbons (Fsp3) is 0.394. The number of amides is 2. The molecule has 1 N–H and O–H groups in total. The normalized spacial score (nSPS) is 14.5. The summed E-state index contributed by atoms with van der Waals surface area (Å²) in [6, 6.07) is 17.7. The summed E-state index contributed by atoms with van der Waals surface area (Å²) in [7, 11) is -4.18. The highest BCUT2D eigenvalue weighted by molar-refractivity contribution is 7.92. The van der Waals surface area contributed by atoms with Gasteiger partial charge in [0.1, 0.15) is 24.2 Å². The zero-order valence-corrected chi connectivity index (χ0v) is 25.8. The minimum absolute atomic E-state index is 0.0000633. The monoisotopic (exact) mass is 609 g/mol. The molecule has 0 spiro atoms. The SMILES string of the molecule is CCOc1ccc(N(CC(=O)N(Cc2ccc(F)cc2)[C@@H](C)C(=O)NC2CCCCC2)S(=O)(=O)c2ccc(C)cc2)cc1. The van der Waals surface area contributed by atoms with E-state index in [0.717, 1.165) is 42.0 Å². The molecule has 1 atom stereocenters. The van der Waals surface area contributed by atoms with Gasteiger partial charge in [-0.05, 0) is 87.7 Å². The third-order valence-corrected chi connectivity index (χ3v) is 9.50. The number of halogens is 1. The van der Waals surface area contributed by atoms with Crippen molar-refractivity contribution in [3.05, 3.63) is 89.7 Å². The summed E-state index contributed by atoms with van der Waals surface area (Å²) in [4.78, 5) is 28.9. The van der Waals surface area contributed by atoms with E-state index in [2.05, 4.69) is 5.32 Å². The van der Waals surface area contributed by atoms with Crippen LogP contribution in [0.15, 0.2) is 77.7 Å². The molecule has 43 heavy (non-hydrogen) atoms.